The van der Waals surface area contributed by atoms with Crippen LogP contribution in [0.25, 0.3) is 0 Å². The molecule has 0 bridgehead atoms. The molecule has 1 nitrogen and oxygen atoms in total. The fourth-order valence-corrected chi connectivity index (χ4v) is 0. The van der Waals surface area contributed by atoms with Gasteiger partial charge in [-0.25, -0.2) is 0 Å². The van der Waals surface area contributed by atoms with Crippen LogP contribution in [0, 0.1) is 19.3 Å². The van der Waals surface area contributed by atoms with Gasteiger partial charge < -0.3 is 19.3 Å². The summed E-state index contributed by atoms with van der Waals surface area (Å²) >= 11 is 0. The molecular formula is C6H13OPVWY2-2. The normalized spacial score (nSPS) is 8.00. The van der Waals surface area contributed by atoms with Gasteiger partial charge in [0.2, 0.25) is 0 Å². The van der Waals surface area contributed by atoms with Crippen LogP contribution in [0.4, 0.5) is 0 Å². The summed E-state index contributed by atoms with van der Waals surface area (Å²) in [5.74, 6) is 0.509. The van der Waals surface area contributed by atoms with Crippen molar-refractivity contribution in [3.8, 4) is 0 Å². The largest absolute Gasteiger partial charge is 0.370 e. The van der Waals surface area contributed by atoms with E-state index in [0.29, 0.717) is 5.92 Å². The fraction of sp³-hybridized carbons (Fsp3) is 0.667. The molecule has 0 N–H and O–H groups in total. The third-order valence-corrected chi connectivity index (χ3v) is 0.569. The molecule has 0 aromatic carbocycles. The maximum atomic E-state index is 8.90. The van der Waals surface area contributed by atoms with E-state index in [1.54, 1.807) is 6.66 Å². The van der Waals surface area contributed by atoms with Gasteiger partial charge in [0.1, 0.15) is 0 Å². The van der Waals surface area contributed by atoms with Gasteiger partial charge in [-0.3, -0.25) is 4.57 Å². The summed E-state index contributed by atoms with van der Waals surface area (Å²) in [5.41, 5.74) is 0. The zero-order chi connectivity index (χ0) is 6.99. The number of hydrogen-bond donors (Lipinski definition) is 0. The molecule has 0 aromatic heterocycles. The molecule has 12 heavy (non-hydrogen) atoms. The Morgan fingerprint density at radius 2 is 1.50 bits per heavy atom. The third kappa shape index (κ3) is 69.0. The Morgan fingerprint density at radius 3 is 1.50 bits per heavy atom. The van der Waals surface area contributed by atoms with Crippen molar-refractivity contribution in [2.24, 2.45) is 5.92 Å². The minimum atomic E-state index is 0. The Labute approximate surface area is 155 Å². The first-order chi connectivity index (χ1) is 3.68. The average Bonchev–Trinajstić information content (AvgIpc) is 1.69. The monoisotopic (exact) mass is 545 g/mol. The molecule has 0 saturated carbocycles. The molecule has 0 aliphatic rings. The first-order valence-corrected chi connectivity index (χ1v) is 3.79. The van der Waals surface area contributed by atoms with Gasteiger partial charge in [0.05, 0.1) is 0 Å². The molecule has 0 spiro atoms. The molecule has 0 aliphatic carbocycles. The summed E-state index contributed by atoms with van der Waals surface area (Å²) in [6.07, 6.45) is 2.06. The summed E-state index contributed by atoms with van der Waals surface area (Å²) in [5, 5.41) is 0. The van der Waals surface area contributed by atoms with E-state index in [9.17, 15) is 0 Å². The van der Waals surface area contributed by atoms with E-state index >= 15 is 0 Å². The molecule has 0 amide bonds. The topological polar surface area (TPSA) is 17.1 Å². The molecule has 0 fully saturated rings. The second kappa shape index (κ2) is 36.5. The minimum absolute atomic E-state index is 0. The van der Waals surface area contributed by atoms with E-state index in [0.717, 1.165) is 0 Å². The molecule has 6 heteroatoms. The van der Waals surface area contributed by atoms with Gasteiger partial charge >= 0.3 is 0 Å². The van der Waals surface area contributed by atoms with E-state index in [4.69, 9.17) is 4.57 Å². The van der Waals surface area contributed by atoms with E-state index in [-0.39, 0.29) is 113 Å². The minimum Gasteiger partial charge on any atom is -0.370 e. The van der Waals surface area contributed by atoms with Gasteiger partial charge in [-0.05, 0) is 0 Å². The second-order valence-electron chi connectivity index (χ2n) is 1.49. The Balaban J connectivity index is -0.0000000119. The van der Waals surface area contributed by atoms with E-state index < -0.39 is 0 Å². The summed E-state index contributed by atoms with van der Waals surface area (Å²) in [7, 11) is 0.167. The fourth-order valence-electron chi connectivity index (χ4n) is 0. The van der Waals surface area contributed by atoms with Crippen LogP contribution in [-0.2, 0) is 110 Å². The Bertz CT molecular complexity index is 60.8. The molecule has 0 heterocycles. The van der Waals surface area contributed by atoms with Crippen LogP contribution in [0.3, 0.4) is 0 Å². The van der Waals surface area contributed by atoms with Crippen LogP contribution in [-0.4, -0.2) is 6.66 Å². The van der Waals surface area contributed by atoms with E-state index in [1.807, 2.05) is 6.92 Å². The first-order valence-electron chi connectivity index (χ1n) is 2.53. The number of hydrogen-bond acceptors (Lipinski definition) is 1. The molecule has 0 aromatic rings. The molecule has 67 valence electrons. The third-order valence-electron chi connectivity index (χ3n) is 0.569. The van der Waals surface area contributed by atoms with Crippen molar-refractivity contribution in [3.05, 3.63) is 13.3 Å². The molecular weight excluding hydrogens is 532 g/mol. The van der Waals surface area contributed by atoms with Gasteiger partial charge in [0, 0.05) is 112 Å². The van der Waals surface area contributed by atoms with Crippen molar-refractivity contribution in [2.45, 2.75) is 13.8 Å². The Hall–Kier alpha value is 3.58. The molecule has 0 aliphatic heterocycles. The predicted molar refractivity (Wildman–Crippen MR) is 38.0 cm³/mol. The zero-order valence-electron chi connectivity index (χ0n) is 7.73. The summed E-state index contributed by atoms with van der Waals surface area (Å²) < 4.78 is 8.90. The average molecular weight is 545 g/mol. The van der Waals surface area contributed by atoms with Crippen LogP contribution in [0.1, 0.15) is 13.8 Å². The zero-order valence-corrected chi connectivity index (χ0v) is 18.6. The molecule has 1 unspecified atom stereocenters. The Kier molecular flexibility index (Phi) is 110. The van der Waals surface area contributed by atoms with Gasteiger partial charge in [0.15, 0.2) is 8.46 Å². The van der Waals surface area contributed by atoms with Crippen LogP contribution >= 0.6 is 8.46 Å². The van der Waals surface area contributed by atoms with Crippen LogP contribution in [0.15, 0.2) is 0 Å². The van der Waals surface area contributed by atoms with Crippen LogP contribution in [0.5, 0.6) is 0 Å². The second-order valence-corrected chi connectivity index (χ2v) is 1.86. The maximum Gasteiger partial charge on any atom is 0.151 e. The molecule has 0 rings (SSSR count). The molecule has 3 radical (unpaired) electrons. The Morgan fingerprint density at radius 1 is 1.42 bits per heavy atom. The van der Waals surface area contributed by atoms with Crippen molar-refractivity contribution in [2.75, 3.05) is 6.66 Å². The molecule has 0 saturated heterocycles. The van der Waals surface area contributed by atoms with Crippen molar-refractivity contribution >= 4 is 8.46 Å². The predicted octanol–water partition coefficient (Wildman–Crippen LogP) is 2.58. The molecule has 1 atom stereocenters. The van der Waals surface area contributed by atoms with Gasteiger partial charge in [-0.15, -0.1) is 6.92 Å². The van der Waals surface area contributed by atoms with E-state index in [2.05, 4.69) is 20.3 Å². The van der Waals surface area contributed by atoms with Crippen LogP contribution in [0.2, 0.25) is 0 Å². The van der Waals surface area contributed by atoms with Crippen LogP contribution < -0.4 is 0 Å². The maximum absolute atomic E-state index is 8.90. The van der Waals surface area contributed by atoms with Crippen molar-refractivity contribution < 1.29 is 110 Å². The van der Waals surface area contributed by atoms with E-state index in [1.165, 1.54) is 0 Å². The van der Waals surface area contributed by atoms with Crippen molar-refractivity contribution in [1.29, 1.82) is 0 Å². The van der Waals surface area contributed by atoms with Gasteiger partial charge in [-0.1, -0.05) is 0 Å². The number of rotatable bonds is 1. The van der Waals surface area contributed by atoms with Crippen molar-refractivity contribution in [1.82, 2.24) is 0 Å². The van der Waals surface area contributed by atoms with Gasteiger partial charge in [-0.2, -0.15) is 6.92 Å². The quantitative estimate of drug-likeness (QED) is 0.367. The van der Waals surface area contributed by atoms with Crippen molar-refractivity contribution in [3.63, 3.8) is 0 Å². The van der Waals surface area contributed by atoms with Gasteiger partial charge in [0.25, 0.3) is 0 Å². The summed E-state index contributed by atoms with van der Waals surface area (Å²) in [4.78, 5) is 0. The summed E-state index contributed by atoms with van der Waals surface area (Å²) in [6, 6.07) is 0. The first kappa shape index (κ1) is 36.1. The smallest absolute Gasteiger partial charge is 0.151 e. The SMILES string of the molecule is CP=O.[CH2-]C(C)[CH-]C.[V].[W].[Y].[Y]. The standard InChI is InChI=1S/C5H10.CH3OP.V.W.2Y/c1-4-5(2)3;1-3-2;;;;/h4-5H,2H2,1,3H3;1H3;;;;/q-2;;;;;. The summed E-state index contributed by atoms with van der Waals surface area (Å²) in [6.45, 7) is 9.31.